The second kappa shape index (κ2) is 9.09. The maximum Gasteiger partial charge on any atom is 0.252 e. The van der Waals surface area contributed by atoms with E-state index < -0.39 is 0 Å². The van der Waals surface area contributed by atoms with E-state index in [9.17, 15) is 4.79 Å². The van der Waals surface area contributed by atoms with Gasteiger partial charge in [0.15, 0.2) is 11.5 Å². The van der Waals surface area contributed by atoms with Crippen molar-refractivity contribution in [3.8, 4) is 11.5 Å². The van der Waals surface area contributed by atoms with Gasteiger partial charge in [-0.25, -0.2) is 9.50 Å². The van der Waals surface area contributed by atoms with Gasteiger partial charge in [-0.2, -0.15) is 10.1 Å². The predicted octanol–water partition coefficient (Wildman–Crippen LogP) is 3.05. The van der Waals surface area contributed by atoms with Gasteiger partial charge in [-0.1, -0.05) is 11.6 Å². The number of halogens is 1. The van der Waals surface area contributed by atoms with Crippen LogP contribution in [0.5, 0.6) is 11.5 Å². The molecule has 0 aliphatic carbocycles. The molecule has 0 unspecified atom stereocenters. The van der Waals surface area contributed by atoms with E-state index in [1.165, 1.54) is 6.33 Å². The molecule has 9 heteroatoms. The lowest BCUT2D eigenvalue weighted by Gasteiger charge is -2.14. The zero-order valence-corrected chi connectivity index (χ0v) is 17.7. The van der Waals surface area contributed by atoms with Gasteiger partial charge in [0, 0.05) is 24.4 Å². The van der Waals surface area contributed by atoms with Crippen molar-refractivity contribution in [2.24, 2.45) is 0 Å². The molecule has 0 fully saturated rings. The summed E-state index contributed by atoms with van der Waals surface area (Å²) in [6.07, 6.45) is 2.38. The molecule has 0 saturated carbocycles. The highest BCUT2D eigenvalue weighted by atomic mass is 35.5. The van der Waals surface area contributed by atoms with Crippen molar-refractivity contribution in [2.45, 2.75) is 40.2 Å². The first kappa shape index (κ1) is 20.9. The number of aromatic nitrogens is 4. The van der Waals surface area contributed by atoms with E-state index in [-0.39, 0.29) is 5.91 Å². The Hall–Kier alpha value is -2.87. The number of amides is 1. The molecule has 29 heavy (non-hydrogen) atoms. The number of benzene rings is 1. The van der Waals surface area contributed by atoms with E-state index in [1.807, 2.05) is 26.8 Å². The Morgan fingerprint density at radius 3 is 2.83 bits per heavy atom. The number of carbonyl (C=O) groups is 1. The minimum Gasteiger partial charge on any atom is -0.493 e. The van der Waals surface area contributed by atoms with Crippen molar-refractivity contribution in [3.63, 3.8) is 0 Å². The summed E-state index contributed by atoms with van der Waals surface area (Å²) in [5.41, 5.74) is 3.64. The first-order chi connectivity index (χ1) is 13.9. The highest BCUT2D eigenvalue weighted by Crippen LogP contribution is 2.36. The molecular formula is C20H24ClN5O3. The van der Waals surface area contributed by atoms with Gasteiger partial charge in [0.25, 0.3) is 5.78 Å². The average Bonchev–Trinajstić information content (AvgIpc) is 3.16. The maximum atomic E-state index is 12.4. The molecule has 0 saturated heterocycles. The smallest absolute Gasteiger partial charge is 0.252 e. The van der Waals surface area contributed by atoms with Crippen molar-refractivity contribution in [2.75, 3.05) is 13.7 Å². The Bertz CT molecular complexity index is 1030. The fourth-order valence-electron chi connectivity index (χ4n) is 3.20. The van der Waals surface area contributed by atoms with Crippen molar-refractivity contribution >= 4 is 23.3 Å². The van der Waals surface area contributed by atoms with Crippen LogP contribution in [-0.2, 0) is 17.8 Å². The molecule has 0 aliphatic rings. The minimum atomic E-state index is -0.0635. The van der Waals surface area contributed by atoms with E-state index in [1.54, 1.807) is 17.7 Å². The van der Waals surface area contributed by atoms with Gasteiger partial charge < -0.3 is 14.8 Å². The zero-order valence-electron chi connectivity index (χ0n) is 17.0. The Morgan fingerprint density at radius 1 is 1.31 bits per heavy atom. The van der Waals surface area contributed by atoms with Gasteiger partial charge in [-0.05, 0) is 50.5 Å². The maximum absolute atomic E-state index is 12.4. The van der Waals surface area contributed by atoms with Gasteiger partial charge in [-0.3, -0.25) is 4.79 Å². The first-order valence-corrected chi connectivity index (χ1v) is 9.74. The van der Waals surface area contributed by atoms with Crippen LogP contribution in [-0.4, -0.2) is 39.2 Å². The van der Waals surface area contributed by atoms with Crippen LogP contribution in [0.15, 0.2) is 18.5 Å². The van der Waals surface area contributed by atoms with Gasteiger partial charge in [0.2, 0.25) is 5.91 Å². The second-order valence-electron chi connectivity index (χ2n) is 6.55. The predicted molar refractivity (Wildman–Crippen MR) is 110 cm³/mol. The van der Waals surface area contributed by atoms with Gasteiger partial charge in [0.1, 0.15) is 6.33 Å². The molecule has 1 N–H and O–H groups in total. The summed E-state index contributed by atoms with van der Waals surface area (Å²) in [6.45, 7) is 6.59. The largest absolute Gasteiger partial charge is 0.493 e. The number of aryl methyl sites for hydroxylation is 2. The van der Waals surface area contributed by atoms with Crippen molar-refractivity contribution in [1.29, 1.82) is 0 Å². The van der Waals surface area contributed by atoms with Crippen LogP contribution >= 0.6 is 11.6 Å². The van der Waals surface area contributed by atoms with Crippen molar-refractivity contribution in [1.82, 2.24) is 24.9 Å². The Kier molecular flexibility index (Phi) is 6.53. The summed E-state index contributed by atoms with van der Waals surface area (Å²) < 4.78 is 12.5. The fraction of sp³-hybridized carbons (Fsp3) is 0.400. The van der Waals surface area contributed by atoms with Crippen LogP contribution in [0.2, 0.25) is 5.02 Å². The lowest BCUT2D eigenvalue weighted by atomic mass is 10.1. The highest BCUT2D eigenvalue weighted by Gasteiger charge is 2.14. The van der Waals surface area contributed by atoms with Gasteiger partial charge in [0.05, 0.1) is 18.7 Å². The summed E-state index contributed by atoms with van der Waals surface area (Å²) in [6, 6.07) is 3.58. The van der Waals surface area contributed by atoms with Gasteiger partial charge in [-0.15, -0.1) is 0 Å². The zero-order chi connectivity index (χ0) is 21.0. The van der Waals surface area contributed by atoms with Crippen LogP contribution in [0.4, 0.5) is 0 Å². The number of hydrogen-bond acceptors (Lipinski definition) is 6. The third-order valence-electron chi connectivity index (χ3n) is 4.66. The van der Waals surface area contributed by atoms with Crippen LogP contribution in [0.25, 0.3) is 5.78 Å². The summed E-state index contributed by atoms with van der Waals surface area (Å²) in [7, 11) is 1.56. The molecular weight excluding hydrogens is 394 g/mol. The molecule has 0 bridgehead atoms. The van der Waals surface area contributed by atoms with E-state index in [0.29, 0.717) is 48.3 Å². The third-order valence-corrected chi connectivity index (χ3v) is 4.94. The molecule has 3 rings (SSSR count). The Balaban J connectivity index is 1.63. The van der Waals surface area contributed by atoms with E-state index >= 15 is 0 Å². The second-order valence-corrected chi connectivity index (χ2v) is 6.96. The van der Waals surface area contributed by atoms with Crippen LogP contribution < -0.4 is 14.8 Å². The molecule has 1 aromatic carbocycles. The topological polar surface area (TPSA) is 90.6 Å². The summed E-state index contributed by atoms with van der Waals surface area (Å²) in [5, 5.41) is 7.55. The number of nitrogens with one attached hydrogen (secondary N) is 1. The summed E-state index contributed by atoms with van der Waals surface area (Å²) >= 11 is 6.28. The number of rotatable bonds is 8. The summed E-state index contributed by atoms with van der Waals surface area (Å²) in [4.78, 5) is 20.9. The number of nitrogens with zero attached hydrogens (tertiary/aromatic N) is 4. The van der Waals surface area contributed by atoms with Crippen molar-refractivity contribution in [3.05, 3.63) is 46.0 Å². The molecule has 8 nitrogen and oxygen atoms in total. The SMILES string of the molecule is CCOc1c(Cl)cc(CNC(=O)CCc2c(C)nc3ncnn3c2C)cc1OC. The van der Waals surface area contributed by atoms with Crippen LogP contribution in [0.3, 0.4) is 0 Å². The quantitative estimate of drug-likeness (QED) is 0.605. The van der Waals surface area contributed by atoms with E-state index in [2.05, 4.69) is 20.4 Å². The molecule has 2 aromatic heterocycles. The lowest BCUT2D eigenvalue weighted by Crippen LogP contribution is -2.23. The number of methoxy groups -OCH3 is 1. The normalized spacial score (nSPS) is 10.9. The average molecular weight is 418 g/mol. The third kappa shape index (κ3) is 4.59. The highest BCUT2D eigenvalue weighted by molar-refractivity contribution is 6.32. The first-order valence-electron chi connectivity index (χ1n) is 9.36. The number of fused-ring (bicyclic) bond motifs is 1. The molecule has 2 heterocycles. The molecule has 0 radical (unpaired) electrons. The lowest BCUT2D eigenvalue weighted by molar-refractivity contribution is -0.121. The molecule has 0 aliphatic heterocycles. The minimum absolute atomic E-state index is 0.0635. The van der Waals surface area contributed by atoms with E-state index in [0.717, 1.165) is 22.5 Å². The van der Waals surface area contributed by atoms with Gasteiger partial charge >= 0.3 is 0 Å². The molecule has 154 valence electrons. The summed E-state index contributed by atoms with van der Waals surface area (Å²) in [5.74, 6) is 1.55. The number of carbonyl (C=O) groups excluding carboxylic acids is 1. The van der Waals surface area contributed by atoms with Crippen molar-refractivity contribution < 1.29 is 14.3 Å². The number of hydrogen-bond donors (Lipinski definition) is 1. The number of ether oxygens (including phenoxy) is 2. The monoisotopic (exact) mass is 417 g/mol. The fourth-order valence-corrected chi connectivity index (χ4v) is 3.49. The Labute approximate surface area is 174 Å². The molecule has 0 spiro atoms. The molecule has 0 atom stereocenters. The Morgan fingerprint density at radius 2 is 2.10 bits per heavy atom. The molecule has 3 aromatic rings. The van der Waals surface area contributed by atoms with Crippen LogP contribution in [0, 0.1) is 13.8 Å². The molecule has 1 amide bonds. The van der Waals surface area contributed by atoms with Crippen LogP contribution in [0.1, 0.15) is 35.9 Å². The standard InChI is InChI=1S/C20H24ClN5O3/c1-5-29-19-16(21)8-14(9-17(19)28-4)10-22-18(27)7-6-15-12(2)25-20-23-11-24-26(20)13(15)3/h8-9,11H,5-7,10H2,1-4H3,(H,22,27). The van der Waals surface area contributed by atoms with E-state index in [4.69, 9.17) is 21.1 Å².